The zero-order valence-corrected chi connectivity index (χ0v) is 14.7. The molecule has 0 saturated heterocycles. The number of aliphatic imine (C=N–C) groups is 1. The highest BCUT2D eigenvalue weighted by molar-refractivity contribution is 8.16. The first-order valence-corrected chi connectivity index (χ1v) is 8.69. The highest BCUT2D eigenvalue weighted by Gasteiger charge is 2.41. The molecule has 3 N–H and O–H groups in total. The predicted octanol–water partition coefficient (Wildman–Crippen LogP) is 1.29. The van der Waals surface area contributed by atoms with Gasteiger partial charge in [-0.3, -0.25) is 15.3 Å². The third-order valence-electron chi connectivity index (χ3n) is 3.58. The van der Waals surface area contributed by atoms with Crippen LogP contribution in [-0.4, -0.2) is 28.1 Å². The molecule has 8 heteroatoms. The lowest BCUT2D eigenvalue weighted by Gasteiger charge is -2.23. The Hall–Kier alpha value is -1.93. The molecule has 24 heavy (non-hydrogen) atoms. The SMILES string of the molecule is CCC[C@@H](NC(=O)[C@]1(N)CSC(C(C)=O)=N1)c1cc(C)cc(=O)o1. The number of carbonyl (C=O) groups is 2. The maximum absolute atomic E-state index is 12.6. The second kappa shape index (κ2) is 7.31. The first kappa shape index (κ1) is 18.4. The standard InChI is InChI=1S/C16H21N3O4S/c1-4-5-11(12-6-9(2)7-13(21)23-12)18-15(22)16(17)8-24-14(19-16)10(3)20/h6-7,11H,4-5,8,17H2,1-3H3,(H,18,22)/t11-,16+/m1/s1. The van der Waals surface area contributed by atoms with E-state index in [0.29, 0.717) is 12.2 Å². The Bertz CT molecular complexity index is 743. The summed E-state index contributed by atoms with van der Waals surface area (Å²) in [4.78, 5) is 39.6. The molecule has 2 heterocycles. The van der Waals surface area contributed by atoms with Gasteiger partial charge in [-0.2, -0.15) is 0 Å². The lowest BCUT2D eigenvalue weighted by Crippen LogP contribution is -2.54. The summed E-state index contributed by atoms with van der Waals surface area (Å²) in [7, 11) is 0. The van der Waals surface area contributed by atoms with Crippen molar-refractivity contribution in [1.82, 2.24) is 5.32 Å². The van der Waals surface area contributed by atoms with E-state index in [0.717, 1.165) is 12.0 Å². The van der Waals surface area contributed by atoms with Crippen molar-refractivity contribution in [3.05, 3.63) is 33.9 Å². The normalized spacial score (nSPS) is 21.2. The fourth-order valence-corrected chi connectivity index (χ4v) is 3.36. The monoisotopic (exact) mass is 351 g/mol. The first-order valence-electron chi connectivity index (χ1n) is 7.70. The van der Waals surface area contributed by atoms with Gasteiger partial charge in [-0.05, 0) is 25.0 Å². The Kier molecular flexibility index (Phi) is 5.61. The summed E-state index contributed by atoms with van der Waals surface area (Å²) < 4.78 is 5.22. The van der Waals surface area contributed by atoms with E-state index in [4.69, 9.17) is 10.2 Å². The Balaban J connectivity index is 2.23. The summed E-state index contributed by atoms with van der Waals surface area (Å²) in [5.41, 5.74) is 4.86. The van der Waals surface area contributed by atoms with Gasteiger partial charge in [0.05, 0.1) is 6.04 Å². The first-order chi connectivity index (χ1) is 11.2. The number of aryl methyl sites for hydroxylation is 1. The van der Waals surface area contributed by atoms with Crippen LogP contribution in [0, 0.1) is 6.92 Å². The number of amides is 1. The molecule has 0 radical (unpaired) electrons. The second-order valence-electron chi connectivity index (χ2n) is 5.86. The van der Waals surface area contributed by atoms with Crippen molar-refractivity contribution < 1.29 is 14.0 Å². The van der Waals surface area contributed by atoms with Gasteiger partial charge in [-0.25, -0.2) is 9.79 Å². The van der Waals surface area contributed by atoms with Gasteiger partial charge >= 0.3 is 5.63 Å². The maximum atomic E-state index is 12.6. The number of Topliss-reactive ketones (excluding diaryl/α,β-unsaturated/α-hetero) is 1. The summed E-state index contributed by atoms with van der Waals surface area (Å²) >= 11 is 1.17. The second-order valence-corrected chi connectivity index (χ2v) is 6.82. The molecule has 0 spiro atoms. The molecule has 0 aromatic carbocycles. The summed E-state index contributed by atoms with van der Waals surface area (Å²) in [5.74, 6) is -0.117. The van der Waals surface area contributed by atoms with Gasteiger partial charge in [-0.1, -0.05) is 25.1 Å². The largest absolute Gasteiger partial charge is 0.426 e. The number of nitrogens with zero attached hydrogens (tertiary/aromatic N) is 1. The number of nitrogens with one attached hydrogen (secondary N) is 1. The van der Waals surface area contributed by atoms with Crippen molar-refractivity contribution in [2.75, 3.05) is 5.75 Å². The van der Waals surface area contributed by atoms with Crippen LogP contribution in [0.1, 0.15) is 44.1 Å². The number of ketones is 1. The molecular weight excluding hydrogens is 330 g/mol. The smallest absolute Gasteiger partial charge is 0.336 e. The summed E-state index contributed by atoms with van der Waals surface area (Å²) in [5, 5.41) is 3.05. The Morgan fingerprint density at radius 2 is 2.21 bits per heavy atom. The lowest BCUT2D eigenvalue weighted by atomic mass is 10.1. The van der Waals surface area contributed by atoms with Crippen molar-refractivity contribution in [3.63, 3.8) is 0 Å². The van der Waals surface area contributed by atoms with Crippen molar-refractivity contribution in [2.45, 2.75) is 45.3 Å². The molecule has 2 atom stereocenters. The molecule has 0 saturated carbocycles. The fourth-order valence-electron chi connectivity index (χ4n) is 2.38. The van der Waals surface area contributed by atoms with Crippen LogP contribution >= 0.6 is 11.8 Å². The molecule has 0 unspecified atom stereocenters. The fraction of sp³-hybridized carbons (Fsp3) is 0.500. The Labute approximate surface area is 144 Å². The van der Waals surface area contributed by atoms with Crippen molar-refractivity contribution in [2.24, 2.45) is 10.7 Å². The average molecular weight is 351 g/mol. The highest BCUT2D eigenvalue weighted by atomic mass is 32.2. The number of thioether (sulfide) groups is 1. The van der Waals surface area contributed by atoms with Gasteiger partial charge in [0.2, 0.25) is 0 Å². The van der Waals surface area contributed by atoms with E-state index < -0.39 is 23.2 Å². The van der Waals surface area contributed by atoms with E-state index in [1.54, 1.807) is 13.0 Å². The van der Waals surface area contributed by atoms with Crippen molar-refractivity contribution in [1.29, 1.82) is 0 Å². The number of rotatable bonds is 6. The number of hydrogen-bond donors (Lipinski definition) is 2. The van der Waals surface area contributed by atoms with E-state index in [1.165, 1.54) is 24.8 Å². The van der Waals surface area contributed by atoms with E-state index in [1.807, 2.05) is 6.92 Å². The molecule has 1 aromatic heterocycles. The third kappa shape index (κ3) is 4.12. The van der Waals surface area contributed by atoms with Gasteiger partial charge in [-0.15, -0.1) is 0 Å². The van der Waals surface area contributed by atoms with Gasteiger partial charge < -0.3 is 9.73 Å². The van der Waals surface area contributed by atoms with Gasteiger partial charge in [0, 0.05) is 18.7 Å². The third-order valence-corrected chi connectivity index (χ3v) is 4.82. The predicted molar refractivity (Wildman–Crippen MR) is 93.0 cm³/mol. The lowest BCUT2D eigenvalue weighted by molar-refractivity contribution is -0.126. The van der Waals surface area contributed by atoms with Crippen LogP contribution < -0.4 is 16.7 Å². The number of nitrogens with two attached hydrogens (primary N) is 1. The number of carbonyl (C=O) groups excluding carboxylic acids is 2. The van der Waals surface area contributed by atoms with Crippen LogP contribution in [0.15, 0.2) is 26.3 Å². The molecule has 1 aliphatic heterocycles. The molecule has 0 bridgehead atoms. The van der Waals surface area contributed by atoms with Crippen LogP contribution in [0.2, 0.25) is 0 Å². The van der Waals surface area contributed by atoms with Gasteiger partial charge in [0.15, 0.2) is 11.4 Å². The van der Waals surface area contributed by atoms with Crippen molar-refractivity contribution >= 4 is 28.5 Å². The molecule has 1 amide bonds. The summed E-state index contributed by atoms with van der Waals surface area (Å²) in [6, 6.07) is 2.63. The van der Waals surface area contributed by atoms with Crippen molar-refractivity contribution in [3.8, 4) is 0 Å². The molecule has 130 valence electrons. The molecule has 0 fully saturated rings. The van der Waals surface area contributed by atoms with Gasteiger partial charge in [0.25, 0.3) is 5.91 Å². The van der Waals surface area contributed by atoms with Gasteiger partial charge in [0.1, 0.15) is 10.8 Å². The van der Waals surface area contributed by atoms with Crippen LogP contribution in [0.5, 0.6) is 0 Å². The minimum absolute atomic E-state index is 0.199. The van der Waals surface area contributed by atoms with Crippen LogP contribution in [0.4, 0.5) is 0 Å². The average Bonchev–Trinajstić information content (AvgIpc) is 2.90. The van der Waals surface area contributed by atoms with E-state index in [-0.39, 0.29) is 16.6 Å². The number of hydrogen-bond acceptors (Lipinski definition) is 7. The van der Waals surface area contributed by atoms with E-state index in [9.17, 15) is 14.4 Å². The van der Waals surface area contributed by atoms with Crippen LogP contribution in [-0.2, 0) is 9.59 Å². The highest BCUT2D eigenvalue weighted by Crippen LogP contribution is 2.26. The minimum atomic E-state index is -1.48. The van der Waals surface area contributed by atoms with Crippen LogP contribution in [0.3, 0.4) is 0 Å². The molecule has 1 aliphatic rings. The topological polar surface area (TPSA) is 115 Å². The zero-order valence-electron chi connectivity index (χ0n) is 13.9. The molecule has 7 nitrogen and oxygen atoms in total. The summed E-state index contributed by atoms with van der Waals surface area (Å²) in [6.45, 7) is 5.13. The molecule has 2 rings (SSSR count). The molecule has 0 aliphatic carbocycles. The quantitative estimate of drug-likeness (QED) is 0.798. The zero-order chi connectivity index (χ0) is 17.9. The minimum Gasteiger partial charge on any atom is -0.426 e. The molecular formula is C16H21N3O4S. The van der Waals surface area contributed by atoms with E-state index >= 15 is 0 Å². The van der Waals surface area contributed by atoms with E-state index in [2.05, 4.69) is 10.3 Å². The maximum Gasteiger partial charge on any atom is 0.336 e. The Morgan fingerprint density at radius 3 is 2.75 bits per heavy atom. The molecule has 1 aromatic rings. The summed E-state index contributed by atoms with van der Waals surface area (Å²) in [6.07, 6.45) is 1.36. The Morgan fingerprint density at radius 1 is 1.50 bits per heavy atom. The van der Waals surface area contributed by atoms with Crippen LogP contribution in [0.25, 0.3) is 0 Å².